The topological polar surface area (TPSA) is 29.1 Å². The average Bonchev–Trinajstić information content (AvgIpc) is 3.03. The van der Waals surface area contributed by atoms with E-state index < -0.39 is 0 Å². The fraction of sp³-hybridized carbons (Fsp3) is 0.562. The summed E-state index contributed by atoms with van der Waals surface area (Å²) in [5.41, 5.74) is 1.22. The third-order valence-electron chi connectivity index (χ3n) is 4.70. The Morgan fingerprint density at radius 1 is 1.21 bits per heavy atom. The molecule has 102 valence electrons. The van der Waals surface area contributed by atoms with Crippen molar-refractivity contribution in [1.82, 2.24) is 5.32 Å². The van der Waals surface area contributed by atoms with Gasteiger partial charge in [0.2, 0.25) is 5.91 Å². The summed E-state index contributed by atoms with van der Waals surface area (Å²) in [6.45, 7) is 0.731. The number of fused-ring (bicyclic) bond motifs is 2. The van der Waals surface area contributed by atoms with Crippen molar-refractivity contribution in [1.29, 1.82) is 0 Å². The standard InChI is InChI=1S/C16H20ClNO/c17-14-5-2-11(3-6-14)7-8-18-16(19)15-10-12-1-4-13(15)9-12/h2-3,5-6,12-13,15H,1,4,7-10H2,(H,18,19). The van der Waals surface area contributed by atoms with Crippen molar-refractivity contribution in [3.63, 3.8) is 0 Å². The van der Waals surface area contributed by atoms with Crippen LogP contribution in [-0.4, -0.2) is 12.5 Å². The normalized spacial score (nSPS) is 28.6. The molecule has 2 saturated carbocycles. The predicted octanol–water partition coefficient (Wildman–Crippen LogP) is 3.43. The van der Waals surface area contributed by atoms with Crippen molar-refractivity contribution in [2.24, 2.45) is 17.8 Å². The molecule has 1 N–H and O–H groups in total. The fourth-order valence-corrected chi connectivity index (χ4v) is 3.80. The Bertz CT molecular complexity index is 456. The fourth-order valence-electron chi connectivity index (χ4n) is 3.68. The summed E-state index contributed by atoms with van der Waals surface area (Å²) >= 11 is 5.85. The zero-order valence-corrected chi connectivity index (χ0v) is 11.8. The second kappa shape index (κ2) is 5.54. The molecule has 0 aliphatic heterocycles. The third-order valence-corrected chi connectivity index (χ3v) is 4.95. The first-order chi connectivity index (χ1) is 9.22. The second-order valence-electron chi connectivity index (χ2n) is 5.95. The molecule has 0 saturated heterocycles. The van der Waals surface area contributed by atoms with Crippen molar-refractivity contribution in [2.45, 2.75) is 32.1 Å². The van der Waals surface area contributed by atoms with Crippen molar-refractivity contribution < 1.29 is 4.79 Å². The van der Waals surface area contributed by atoms with E-state index >= 15 is 0 Å². The zero-order chi connectivity index (χ0) is 13.2. The highest BCUT2D eigenvalue weighted by molar-refractivity contribution is 6.30. The van der Waals surface area contributed by atoms with Crippen LogP contribution in [0.4, 0.5) is 0 Å². The second-order valence-corrected chi connectivity index (χ2v) is 6.39. The Morgan fingerprint density at radius 3 is 2.63 bits per heavy atom. The number of rotatable bonds is 4. The van der Waals surface area contributed by atoms with E-state index in [2.05, 4.69) is 5.32 Å². The van der Waals surface area contributed by atoms with E-state index in [1.807, 2.05) is 24.3 Å². The highest BCUT2D eigenvalue weighted by Gasteiger charge is 2.42. The Hall–Kier alpha value is -1.02. The summed E-state index contributed by atoms with van der Waals surface area (Å²) in [6.07, 6.45) is 5.90. The first-order valence-electron chi connectivity index (χ1n) is 7.24. The number of nitrogens with one attached hydrogen (secondary N) is 1. The number of benzene rings is 1. The van der Waals surface area contributed by atoms with E-state index in [9.17, 15) is 4.79 Å². The van der Waals surface area contributed by atoms with Gasteiger partial charge in [0.05, 0.1) is 0 Å². The molecule has 2 nitrogen and oxygen atoms in total. The number of hydrogen-bond acceptors (Lipinski definition) is 1. The Morgan fingerprint density at radius 2 is 2.00 bits per heavy atom. The number of hydrogen-bond donors (Lipinski definition) is 1. The molecule has 3 atom stereocenters. The molecule has 2 fully saturated rings. The van der Waals surface area contributed by atoms with Gasteiger partial charge in [0.1, 0.15) is 0 Å². The molecule has 0 radical (unpaired) electrons. The molecule has 1 amide bonds. The maximum absolute atomic E-state index is 12.1. The molecular formula is C16H20ClNO. The van der Waals surface area contributed by atoms with Crippen molar-refractivity contribution >= 4 is 17.5 Å². The Balaban J connectivity index is 1.45. The summed E-state index contributed by atoms with van der Waals surface area (Å²) in [4.78, 5) is 12.1. The molecule has 3 heteroatoms. The summed E-state index contributed by atoms with van der Waals surface area (Å²) < 4.78 is 0. The van der Waals surface area contributed by atoms with Gasteiger partial charge in [-0.2, -0.15) is 0 Å². The quantitative estimate of drug-likeness (QED) is 0.897. The van der Waals surface area contributed by atoms with Gasteiger partial charge in [0.25, 0.3) is 0 Å². The van der Waals surface area contributed by atoms with Crippen molar-refractivity contribution in [2.75, 3.05) is 6.54 Å². The molecule has 1 aromatic carbocycles. The summed E-state index contributed by atoms with van der Waals surface area (Å²) in [6, 6.07) is 7.83. The molecule has 2 bridgehead atoms. The number of carbonyl (C=O) groups is 1. The minimum absolute atomic E-state index is 0.279. The maximum Gasteiger partial charge on any atom is 0.223 e. The van der Waals surface area contributed by atoms with Gasteiger partial charge >= 0.3 is 0 Å². The molecule has 19 heavy (non-hydrogen) atoms. The lowest BCUT2D eigenvalue weighted by Crippen LogP contribution is -2.34. The largest absolute Gasteiger partial charge is 0.356 e. The van der Waals surface area contributed by atoms with Gasteiger partial charge in [-0.05, 0) is 55.2 Å². The molecular weight excluding hydrogens is 258 g/mol. The van der Waals surface area contributed by atoms with Crippen LogP contribution in [0.25, 0.3) is 0 Å². The Labute approximate surface area is 119 Å². The lowest BCUT2D eigenvalue weighted by atomic mass is 9.88. The molecule has 1 aromatic rings. The SMILES string of the molecule is O=C(NCCc1ccc(Cl)cc1)C1CC2CCC1C2. The molecule has 0 aromatic heterocycles. The molecule has 3 rings (SSSR count). The number of halogens is 1. The van der Waals surface area contributed by atoms with E-state index in [0.29, 0.717) is 11.8 Å². The first-order valence-corrected chi connectivity index (χ1v) is 7.62. The smallest absolute Gasteiger partial charge is 0.223 e. The van der Waals surface area contributed by atoms with Crippen LogP contribution in [0.2, 0.25) is 5.02 Å². The van der Waals surface area contributed by atoms with Gasteiger partial charge in [-0.3, -0.25) is 4.79 Å². The lowest BCUT2D eigenvalue weighted by molar-refractivity contribution is -0.126. The van der Waals surface area contributed by atoms with Crippen LogP contribution < -0.4 is 5.32 Å². The van der Waals surface area contributed by atoms with Gasteiger partial charge in [-0.15, -0.1) is 0 Å². The van der Waals surface area contributed by atoms with Gasteiger partial charge in [0, 0.05) is 17.5 Å². The molecule has 0 spiro atoms. The van der Waals surface area contributed by atoms with Crippen molar-refractivity contribution in [3.05, 3.63) is 34.9 Å². The maximum atomic E-state index is 12.1. The highest BCUT2D eigenvalue weighted by Crippen LogP contribution is 2.48. The minimum atomic E-state index is 0.279. The first kappa shape index (κ1) is 13.0. The van der Waals surface area contributed by atoms with Crippen LogP contribution in [0.15, 0.2) is 24.3 Å². The van der Waals surface area contributed by atoms with E-state index in [-0.39, 0.29) is 5.91 Å². The van der Waals surface area contributed by atoms with Gasteiger partial charge in [-0.25, -0.2) is 0 Å². The van der Waals surface area contributed by atoms with Gasteiger partial charge in [-0.1, -0.05) is 30.2 Å². The van der Waals surface area contributed by atoms with Crippen LogP contribution >= 0.6 is 11.6 Å². The third kappa shape index (κ3) is 2.94. The predicted molar refractivity (Wildman–Crippen MR) is 77.1 cm³/mol. The van der Waals surface area contributed by atoms with Crippen LogP contribution in [0.3, 0.4) is 0 Å². The average molecular weight is 278 g/mol. The van der Waals surface area contributed by atoms with E-state index in [0.717, 1.165) is 30.3 Å². The highest BCUT2D eigenvalue weighted by atomic mass is 35.5. The summed E-state index contributed by atoms with van der Waals surface area (Å²) in [5, 5.41) is 3.86. The van der Waals surface area contributed by atoms with Crippen LogP contribution in [0, 0.1) is 17.8 Å². The Kier molecular flexibility index (Phi) is 3.79. The van der Waals surface area contributed by atoms with E-state index in [1.165, 1.54) is 24.8 Å². The molecule has 0 heterocycles. The van der Waals surface area contributed by atoms with Crippen LogP contribution in [0.5, 0.6) is 0 Å². The molecule has 2 aliphatic rings. The summed E-state index contributed by atoms with van der Waals surface area (Å²) in [7, 11) is 0. The lowest BCUT2D eigenvalue weighted by Gasteiger charge is -2.20. The van der Waals surface area contributed by atoms with Crippen LogP contribution in [0.1, 0.15) is 31.2 Å². The van der Waals surface area contributed by atoms with E-state index in [4.69, 9.17) is 11.6 Å². The zero-order valence-electron chi connectivity index (χ0n) is 11.1. The van der Waals surface area contributed by atoms with Gasteiger partial charge < -0.3 is 5.32 Å². The van der Waals surface area contributed by atoms with Gasteiger partial charge in [0.15, 0.2) is 0 Å². The monoisotopic (exact) mass is 277 g/mol. The minimum Gasteiger partial charge on any atom is -0.356 e. The van der Waals surface area contributed by atoms with E-state index in [1.54, 1.807) is 0 Å². The number of carbonyl (C=O) groups excluding carboxylic acids is 1. The van der Waals surface area contributed by atoms with Crippen molar-refractivity contribution in [3.8, 4) is 0 Å². The molecule has 3 unspecified atom stereocenters. The number of amides is 1. The summed E-state index contributed by atoms with van der Waals surface area (Å²) in [5.74, 6) is 2.07. The van der Waals surface area contributed by atoms with Crippen LogP contribution in [-0.2, 0) is 11.2 Å². The molecule has 2 aliphatic carbocycles.